The SMILES string of the molecule is CC(NN1CCN(C)CC1)c1cc(F)c(Cl)cc1Cl. The van der Waals surface area contributed by atoms with Crippen LogP contribution in [-0.4, -0.2) is 43.1 Å². The molecule has 0 aliphatic carbocycles. The lowest BCUT2D eigenvalue weighted by Gasteiger charge is -2.34. The molecule has 1 saturated heterocycles. The molecule has 0 saturated carbocycles. The molecule has 2 rings (SSSR count). The van der Waals surface area contributed by atoms with Gasteiger partial charge in [0.2, 0.25) is 0 Å². The van der Waals surface area contributed by atoms with Crippen LogP contribution in [0.3, 0.4) is 0 Å². The predicted molar refractivity (Wildman–Crippen MR) is 77.0 cm³/mol. The van der Waals surface area contributed by atoms with Gasteiger partial charge in [-0.1, -0.05) is 23.2 Å². The summed E-state index contributed by atoms with van der Waals surface area (Å²) in [5.41, 5.74) is 4.08. The molecule has 1 unspecified atom stereocenters. The van der Waals surface area contributed by atoms with Crippen LogP contribution in [0.2, 0.25) is 10.0 Å². The summed E-state index contributed by atoms with van der Waals surface area (Å²) in [6.45, 7) is 5.88. The Morgan fingerprint density at radius 3 is 2.42 bits per heavy atom. The highest BCUT2D eigenvalue weighted by molar-refractivity contribution is 6.35. The van der Waals surface area contributed by atoms with Gasteiger partial charge in [0.15, 0.2) is 0 Å². The van der Waals surface area contributed by atoms with E-state index in [1.807, 2.05) is 6.92 Å². The van der Waals surface area contributed by atoms with Crippen LogP contribution in [0.15, 0.2) is 12.1 Å². The lowest BCUT2D eigenvalue weighted by Crippen LogP contribution is -2.51. The van der Waals surface area contributed by atoms with E-state index in [1.165, 1.54) is 12.1 Å². The van der Waals surface area contributed by atoms with E-state index in [0.717, 1.165) is 31.7 Å². The van der Waals surface area contributed by atoms with Crippen LogP contribution in [0.1, 0.15) is 18.5 Å². The first kappa shape index (κ1) is 15.0. The van der Waals surface area contributed by atoms with Crippen LogP contribution in [-0.2, 0) is 0 Å². The Kier molecular flexibility index (Phi) is 5.03. The normalized spacial score (nSPS) is 19.6. The smallest absolute Gasteiger partial charge is 0.142 e. The summed E-state index contributed by atoms with van der Waals surface area (Å²) in [4.78, 5) is 2.28. The molecule has 6 heteroatoms. The first-order chi connectivity index (χ1) is 8.97. The number of hydrazine groups is 1. The third kappa shape index (κ3) is 3.80. The van der Waals surface area contributed by atoms with E-state index in [9.17, 15) is 4.39 Å². The number of halogens is 3. The summed E-state index contributed by atoms with van der Waals surface area (Å²) < 4.78 is 13.5. The van der Waals surface area contributed by atoms with E-state index in [2.05, 4.69) is 22.4 Å². The quantitative estimate of drug-likeness (QED) is 0.866. The third-order valence-electron chi connectivity index (χ3n) is 3.39. The maximum Gasteiger partial charge on any atom is 0.142 e. The highest BCUT2D eigenvalue weighted by Crippen LogP contribution is 2.28. The number of hydrogen-bond acceptors (Lipinski definition) is 3. The number of nitrogens with zero attached hydrogens (tertiary/aromatic N) is 2. The van der Waals surface area contributed by atoms with E-state index < -0.39 is 5.82 Å². The Morgan fingerprint density at radius 2 is 1.79 bits per heavy atom. The molecule has 1 heterocycles. The minimum absolute atomic E-state index is 0.0531. The Balaban J connectivity index is 2.03. The minimum atomic E-state index is -0.437. The molecule has 1 aromatic carbocycles. The van der Waals surface area contributed by atoms with Gasteiger partial charge < -0.3 is 4.90 Å². The zero-order valence-corrected chi connectivity index (χ0v) is 12.6. The minimum Gasteiger partial charge on any atom is -0.304 e. The van der Waals surface area contributed by atoms with Crippen molar-refractivity contribution in [1.82, 2.24) is 15.3 Å². The van der Waals surface area contributed by atoms with Crippen molar-refractivity contribution in [2.45, 2.75) is 13.0 Å². The van der Waals surface area contributed by atoms with Crippen molar-refractivity contribution in [3.63, 3.8) is 0 Å². The van der Waals surface area contributed by atoms with E-state index in [1.54, 1.807) is 0 Å². The van der Waals surface area contributed by atoms with Crippen LogP contribution in [0.5, 0.6) is 0 Å². The van der Waals surface area contributed by atoms with E-state index in [-0.39, 0.29) is 11.1 Å². The fourth-order valence-corrected chi connectivity index (χ4v) is 2.70. The summed E-state index contributed by atoms with van der Waals surface area (Å²) in [5, 5.41) is 2.69. The van der Waals surface area contributed by atoms with Gasteiger partial charge in [-0.15, -0.1) is 0 Å². The van der Waals surface area contributed by atoms with Gasteiger partial charge in [-0.3, -0.25) is 0 Å². The average Bonchev–Trinajstić information content (AvgIpc) is 2.36. The van der Waals surface area contributed by atoms with Crippen LogP contribution < -0.4 is 5.43 Å². The lowest BCUT2D eigenvalue weighted by molar-refractivity contribution is 0.0898. The van der Waals surface area contributed by atoms with Gasteiger partial charge in [0.25, 0.3) is 0 Å². The zero-order valence-electron chi connectivity index (χ0n) is 11.1. The van der Waals surface area contributed by atoms with Crippen molar-refractivity contribution in [3.05, 3.63) is 33.6 Å². The summed E-state index contributed by atoms with van der Waals surface area (Å²) in [7, 11) is 2.10. The first-order valence-corrected chi connectivity index (χ1v) is 7.07. The molecule has 0 bridgehead atoms. The molecule has 1 atom stereocenters. The average molecular weight is 306 g/mol. The summed E-state index contributed by atoms with van der Waals surface area (Å²) >= 11 is 11.8. The van der Waals surface area contributed by atoms with Crippen molar-refractivity contribution < 1.29 is 4.39 Å². The van der Waals surface area contributed by atoms with Gasteiger partial charge in [-0.2, -0.15) is 0 Å². The van der Waals surface area contributed by atoms with Gasteiger partial charge in [0.1, 0.15) is 5.82 Å². The largest absolute Gasteiger partial charge is 0.304 e. The fourth-order valence-electron chi connectivity index (χ4n) is 2.15. The Labute approximate surface area is 123 Å². The topological polar surface area (TPSA) is 18.5 Å². The highest BCUT2D eigenvalue weighted by atomic mass is 35.5. The van der Waals surface area contributed by atoms with Gasteiger partial charge >= 0.3 is 0 Å². The number of benzene rings is 1. The third-order valence-corrected chi connectivity index (χ3v) is 4.00. The molecule has 1 aromatic rings. The second-order valence-corrected chi connectivity index (χ2v) is 5.74. The Morgan fingerprint density at radius 1 is 1.16 bits per heavy atom. The second-order valence-electron chi connectivity index (χ2n) is 4.93. The summed E-state index contributed by atoms with van der Waals surface area (Å²) in [6, 6.07) is 2.80. The van der Waals surface area contributed by atoms with Gasteiger partial charge in [-0.25, -0.2) is 14.8 Å². The fraction of sp³-hybridized carbons (Fsp3) is 0.538. The summed E-state index contributed by atoms with van der Waals surface area (Å²) in [6.07, 6.45) is 0. The molecular weight excluding hydrogens is 288 g/mol. The molecular formula is C13H18Cl2FN3. The molecule has 0 aromatic heterocycles. The van der Waals surface area contributed by atoms with Crippen LogP contribution >= 0.6 is 23.2 Å². The van der Waals surface area contributed by atoms with Crippen LogP contribution in [0, 0.1) is 5.82 Å². The Bertz CT molecular complexity index is 448. The predicted octanol–water partition coefficient (Wildman–Crippen LogP) is 2.95. The molecule has 1 N–H and O–H groups in total. The van der Waals surface area contributed by atoms with Crippen LogP contribution in [0.4, 0.5) is 4.39 Å². The standard InChI is InChI=1S/C13H18Cl2FN3/c1-9(17-19-5-3-18(2)4-6-19)10-7-13(16)12(15)8-11(10)14/h7-9,17H,3-6H2,1-2H3. The highest BCUT2D eigenvalue weighted by Gasteiger charge is 2.18. The molecule has 0 amide bonds. The van der Waals surface area contributed by atoms with E-state index in [4.69, 9.17) is 23.2 Å². The summed E-state index contributed by atoms with van der Waals surface area (Å²) in [5.74, 6) is -0.437. The molecule has 0 radical (unpaired) electrons. The second kappa shape index (κ2) is 6.37. The lowest BCUT2D eigenvalue weighted by atomic mass is 10.1. The molecule has 1 aliphatic heterocycles. The first-order valence-electron chi connectivity index (χ1n) is 6.31. The Hall–Kier alpha value is -0.390. The van der Waals surface area contributed by atoms with E-state index in [0.29, 0.717) is 5.02 Å². The van der Waals surface area contributed by atoms with Crippen molar-refractivity contribution in [2.75, 3.05) is 33.2 Å². The van der Waals surface area contributed by atoms with E-state index >= 15 is 0 Å². The number of nitrogens with one attached hydrogen (secondary N) is 1. The molecule has 106 valence electrons. The number of piperazine rings is 1. The van der Waals surface area contributed by atoms with Gasteiger partial charge in [-0.05, 0) is 31.7 Å². The monoisotopic (exact) mass is 305 g/mol. The van der Waals surface area contributed by atoms with Crippen molar-refractivity contribution in [1.29, 1.82) is 0 Å². The number of likely N-dealkylation sites (N-methyl/N-ethyl adjacent to an activating group) is 1. The molecule has 3 nitrogen and oxygen atoms in total. The maximum absolute atomic E-state index is 13.5. The molecule has 1 fully saturated rings. The molecule has 19 heavy (non-hydrogen) atoms. The molecule has 1 aliphatic rings. The van der Waals surface area contributed by atoms with Crippen molar-refractivity contribution >= 4 is 23.2 Å². The van der Waals surface area contributed by atoms with Gasteiger partial charge in [0.05, 0.1) is 5.02 Å². The van der Waals surface area contributed by atoms with Crippen LogP contribution in [0.25, 0.3) is 0 Å². The van der Waals surface area contributed by atoms with Crippen molar-refractivity contribution in [2.24, 2.45) is 0 Å². The van der Waals surface area contributed by atoms with Gasteiger partial charge in [0, 0.05) is 37.2 Å². The van der Waals surface area contributed by atoms with Crippen molar-refractivity contribution in [3.8, 4) is 0 Å². The zero-order chi connectivity index (χ0) is 14.0. The number of hydrogen-bond donors (Lipinski definition) is 1. The number of rotatable bonds is 3. The maximum atomic E-state index is 13.5. The molecule has 0 spiro atoms.